The van der Waals surface area contributed by atoms with Gasteiger partial charge in [-0.25, -0.2) is 4.39 Å². The molecule has 4 rings (SSSR count). The summed E-state index contributed by atoms with van der Waals surface area (Å²) in [6.07, 6.45) is 1.89. The van der Waals surface area contributed by atoms with E-state index in [1.165, 1.54) is 23.3 Å². The second-order valence-electron chi connectivity index (χ2n) is 9.93. The van der Waals surface area contributed by atoms with Crippen molar-refractivity contribution in [2.75, 3.05) is 11.4 Å². The third-order valence-electron chi connectivity index (χ3n) is 6.19. The summed E-state index contributed by atoms with van der Waals surface area (Å²) in [4.78, 5) is 28.9. The van der Waals surface area contributed by atoms with E-state index in [1.54, 1.807) is 18.2 Å². The van der Waals surface area contributed by atoms with Crippen molar-refractivity contribution in [2.45, 2.75) is 38.6 Å². The minimum atomic E-state index is -0.952. The molecule has 190 valence electrons. The maximum Gasteiger partial charge on any atom is 0.294 e. The Morgan fingerprint density at radius 3 is 2.27 bits per heavy atom. The predicted octanol–water partition coefficient (Wildman–Crippen LogP) is 6.46. The van der Waals surface area contributed by atoms with Gasteiger partial charge in [0.1, 0.15) is 11.9 Å². The Bertz CT molecular complexity index is 1330. The third kappa shape index (κ3) is 6.33. The van der Waals surface area contributed by atoms with Crippen LogP contribution in [-0.4, -0.2) is 18.4 Å². The fraction of sp³-hybridized carbons (Fsp3) is 0.226. The molecule has 0 aliphatic carbocycles. The molecule has 37 heavy (non-hydrogen) atoms. The highest BCUT2D eigenvalue weighted by molar-refractivity contribution is 6.08. The minimum Gasteiger partial charge on any atom is -0.459 e. The Kier molecular flexibility index (Phi) is 7.87. The quantitative estimate of drug-likeness (QED) is 0.303. The van der Waals surface area contributed by atoms with Gasteiger partial charge >= 0.3 is 0 Å². The average Bonchev–Trinajstić information content (AvgIpc) is 3.42. The molecule has 0 aliphatic rings. The highest BCUT2D eigenvalue weighted by Gasteiger charge is 2.34. The van der Waals surface area contributed by atoms with Crippen molar-refractivity contribution < 1.29 is 18.4 Å². The molecule has 0 fully saturated rings. The number of benzene rings is 3. The first-order chi connectivity index (χ1) is 17.7. The summed E-state index contributed by atoms with van der Waals surface area (Å²) in [7, 11) is 0. The van der Waals surface area contributed by atoms with Gasteiger partial charge in [0.2, 0.25) is 5.91 Å². The standard InChI is InChI=1S/C31H31FN2O3/c1-31(2,3)24-14-16-26(17-15-24)34(30(36)27-13-8-20-37-27)28(23-10-5-4-6-11-23)29(35)33-19-18-22-9-7-12-25(32)21-22/h4-17,20-21,28H,18-19H2,1-3H3,(H,33,35). The number of nitrogens with one attached hydrogen (secondary N) is 1. The Morgan fingerprint density at radius 2 is 1.65 bits per heavy atom. The van der Waals surface area contributed by atoms with E-state index >= 15 is 0 Å². The molecular weight excluding hydrogens is 467 g/mol. The highest BCUT2D eigenvalue weighted by atomic mass is 19.1. The monoisotopic (exact) mass is 498 g/mol. The molecule has 1 N–H and O–H groups in total. The topological polar surface area (TPSA) is 62.6 Å². The van der Waals surface area contributed by atoms with E-state index in [1.807, 2.05) is 60.7 Å². The zero-order valence-corrected chi connectivity index (χ0v) is 21.3. The van der Waals surface area contributed by atoms with Crippen molar-refractivity contribution in [3.8, 4) is 0 Å². The van der Waals surface area contributed by atoms with Gasteiger partial charge in [-0.1, -0.05) is 75.4 Å². The molecule has 1 unspecified atom stereocenters. The van der Waals surface area contributed by atoms with Crippen LogP contribution in [0.1, 0.15) is 54.1 Å². The van der Waals surface area contributed by atoms with Crippen molar-refractivity contribution in [1.82, 2.24) is 5.32 Å². The molecule has 0 bridgehead atoms. The first-order valence-corrected chi connectivity index (χ1v) is 12.3. The van der Waals surface area contributed by atoms with Gasteiger partial charge < -0.3 is 9.73 Å². The Labute approximate surface area is 216 Å². The summed E-state index contributed by atoms with van der Waals surface area (Å²) < 4.78 is 19.0. The van der Waals surface area contributed by atoms with E-state index in [4.69, 9.17) is 4.42 Å². The van der Waals surface area contributed by atoms with Crippen LogP contribution in [0.3, 0.4) is 0 Å². The van der Waals surface area contributed by atoms with E-state index in [0.717, 1.165) is 11.1 Å². The number of hydrogen-bond acceptors (Lipinski definition) is 3. The van der Waals surface area contributed by atoms with Crippen molar-refractivity contribution in [3.05, 3.63) is 126 Å². The zero-order valence-electron chi connectivity index (χ0n) is 21.3. The lowest BCUT2D eigenvalue weighted by Gasteiger charge is -2.31. The van der Waals surface area contributed by atoms with Crippen LogP contribution in [0.25, 0.3) is 0 Å². The molecule has 1 heterocycles. The maximum absolute atomic E-state index is 13.8. The molecule has 0 radical (unpaired) electrons. The van der Waals surface area contributed by atoms with Crippen LogP contribution in [0.4, 0.5) is 10.1 Å². The van der Waals surface area contributed by atoms with Crippen molar-refractivity contribution in [3.63, 3.8) is 0 Å². The van der Waals surface area contributed by atoms with E-state index in [2.05, 4.69) is 26.1 Å². The number of rotatable bonds is 8. The first-order valence-electron chi connectivity index (χ1n) is 12.3. The lowest BCUT2D eigenvalue weighted by Crippen LogP contribution is -2.44. The normalized spacial score (nSPS) is 12.1. The second-order valence-corrected chi connectivity index (χ2v) is 9.93. The van der Waals surface area contributed by atoms with E-state index in [0.29, 0.717) is 17.7 Å². The smallest absolute Gasteiger partial charge is 0.294 e. The Balaban J connectivity index is 1.69. The number of carbonyl (C=O) groups is 2. The summed E-state index contributed by atoms with van der Waals surface area (Å²) in [5, 5.41) is 2.95. The molecule has 5 nitrogen and oxygen atoms in total. The van der Waals surface area contributed by atoms with Crippen LogP contribution < -0.4 is 10.2 Å². The molecule has 2 amide bonds. The number of carbonyl (C=O) groups excluding carboxylic acids is 2. The van der Waals surface area contributed by atoms with Gasteiger partial charge in [0.25, 0.3) is 5.91 Å². The van der Waals surface area contributed by atoms with Gasteiger partial charge in [-0.05, 0) is 64.9 Å². The third-order valence-corrected chi connectivity index (χ3v) is 6.19. The molecule has 0 aliphatic heterocycles. The summed E-state index contributed by atoms with van der Waals surface area (Å²) in [6.45, 7) is 6.64. The van der Waals surface area contributed by atoms with E-state index in [-0.39, 0.29) is 29.4 Å². The maximum atomic E-state index is 13.8. The molecule has 1 aromatic heterocycles. The molecule has 0 saturated carbocycles. The van der Waals surface area contributed by atoms with Gasteiger partial charge in [0.05, 0.1) is 6.26 Å². The largest absolute Gasteiger partial charge is 0.459 e. The fourth-order valence-corrected chi connectivity index (χ4v) is 4.20. The van der Waals surface area contributed by atoms with Crippen LogP contribution in [-0.2, 0) is 16.6 Å². The van der Waals surface area contributed by atoms with Crippen molar-refractivity contribution >= 4 is 17.5 Å². The Morgan fingerprint density at radius 1 is 0.919 bits per heavy atom. The molecule has 0 saturated heterocycles. The average molecular weight is 499 g/mol. The SMILES string of the molecule is CC(C)(C)c1ccc(N(C(=O)c2ccco2)C(C(=O)NCCc2cccc(F)c2)c2ccccc2)cc1. The molecule has 4 aromatic rings. The van der Waals surface area contributed by atoms with Crippen LogP contribution in [0.5, 0.6) is 0 Å². The van der Waals surface area contributed by atoms with Gasteiger partial charge in [-0.15, -0.1) is 0 Å². The first kappa shape index (κ1) is 25.9. The van der Waals surface area contributed by atoms with E-state index in [9.17, 15) is 14.0 Å². The Hall–Kier alpha value is -4.19. The number of furan rings is 1. The van der Waals surface area contributed by atoms with Crippen molar-refractivity contribution in [1.29, 1.82) is 0 Å². The number of halogens is 1. The van der Waals surface area contributed by atoms with E-state index < -0.39 is 11.9 Å². The molecule has 6 heteroatoms. The molecule has 1 atom stereocenters. The second kappa shape index (κ2) is 11.2. The number of anilines is 1. The summed E-state index contributed by atoms with van der Waals surface area (Å²) >= 11 is 0. The van der Waals surface area contributed by atoms with Gasteiger partial charge in [-0.2, -0.15) is 0 Å². The predicted molar refractivity (Wildman–Crippen MR) is 143 cm³/mol. The molecule has 3 aromatic carbocycles. The molecule has 0 spiro atoms. The minimum absolute atomic E-state index is 0.0680. The fourth-order valence-electron chi connectivity index (χ4n) is 4.20. The molecular formula is C31H31FN2O3. The lowest BCUT2D eigenvalue weighted by atomic mass is 9.87. The van der Waals surface area contributed by atoms with Crippen LogP contribution in [0, 0.1) is 5.82 Å². The number of hydrogen-bond donors (Lipinski definition) is 1. The van der Waals surface area contributed by atoms with Crippen LogP contribution in [0.15, 0.2) is 102 Å². The van der Waals surface area contributed by atoms with Gasteiger partial charge in [0.15, 0.2) is 5.76 Å². The van der Waals surface area contributed by atoms with Crippen LogP contribution in [0.2, 0.25) is 0 Å². The van der Waals surface area contributed by atoms with Gasteiger partial charge in [0, 0.05) is 12.2 Å². The van der Waals surface area contributed by atoms with Gasteiger partial charge in [-0.3, -0.25) is 14.5 Å². The number of amides is 2. The highest BCUT2D eigenvalue weighted by Crippen LogP contribution is 2.32. The lowest BCUT2D eigenvalue weighted by molar-refractivity contribution is -0.122. The van der Waals surface area contributed by atoms with Crippen LogP contribution >= 0.6 is 0 Å². The summed E-state index contributed by atoms with van der Waals surface area (Å²) in [6, 6.07) is 25.4. The number of nitrogens with zero attached hydrogens (tertiary/aromatic N) is 1. The summed E-state index contributed by atoms with van der Waals surface area (Å²) in [5.74, 6) is -0.960. The van der Waals surface area contributed by atoms with Crippen molar-refractivity contribution in [2.24, 2.45) is 0 Å². The summed E-state index contributed by atoms with van der Waals surface area (Å²) in [5.41, 5.74) is 3.05. The zero-order chi connectivity index (χ0) is 26.4.